The molecule has 2 saturated carbocycles. The van der Waals surface area contributed by atoms with Crippen molar-refractivity contribution in [3.05, 3.63) is 0 Å². The average Bonchev–Trinajstić information content (AvgIpc) is 3.17. The molecule has 0 spiro atoms. The molecule has 136 valence electrons. The fraction of sp³-hybridized carbons (Fsp3) is 0.812. The summed E-state index contributed by atoms with van der Waals surface area (Å²) in [4.78, 5) is 45.0. The van der Waals surface area contributed by atoms with E-state index in [4.69, 9.17) is 14.5 Å². The number of rotatable bonds is 12. The van der Waals surface area contributed by atoms with Crippen LogP contribution in [-0.4, -0.2) is 38.1 Å². The highest BCUT2D eigenvalue weighted by atomic mass is 16.6. The molecule has 2 rings (SSSR count). The topological polar surface area (TPSA) is 116 Å². The Balaban J connectivity index is 1.88. The minimum absolute atomic E-state index is 0.296. The maximum atomic E-state index is 10.2. The van der Waals surface area contributed by atoms with E-state index in [-0.39, 0.29) is 0 Å². The lowest BCUT2D eigenvalue weighted by Crippen LogP contribution is -2.32. The van der Waals surface area contributed by atoms with E-state index < -0.39 is 0 Å². The Hall–Kier alpha value is -2.46. The summed E-state index contributed by atoms with van der Waals surface area (Å²) in [5.74, 6) is 2.28. The molecule has 0 aromatic heterocycles. The monoisotopic (exact) mass is 351 g/mol. The van der Waals surface area contributed by atoms with Gasteiger partial charge < -0.3 is 14.5 Å². The van der Waals surface area contributed by atoms with Gasteiger partial charge in [0.05, 0.1) is 0 Å². The van der Waals surface area contributed by atoms with Gasteiger partial charge in [-0.05, 0) is 55.8 Å². The summed E-state index contributed by atoms with van der Waals surface area (Å²) >= 11 is 0. The third kappa shape index (κ3) is 5.26. The fourth-order valence-electron chi connectivity index (χ4n) is 4.65. The Labute approximate surface area is 145 Å². The highest BCUT2D eigenvalue weighted by Crippen LogP contribution is 2.57. The molecule has 2 fully saturated rings. The van der Waals surface area contributed by atoms with Gasteiger partial charge >= 0.3 is 0 Å². The van der Waals surface area contributed by atoms with Crippen molar-refractivity contribution in [3.8, 4) is 0 Å². The molecule has 25 heavy (non-hydrogen) atoms. The Morgan fingerprint density at radius 2 is 1.48 bits per heavy atom. The van der Waals surface area contributed by atoms with Crippen molar-refractivity contribution in [3.63, 3.8) is 0 Å². The van der Waals surface area contributed by atoms with E-state index in [1.165, 1.54) is 18.2 Å². The van der Waals surface area contributed by atoms with Gasteiger partial charge in [0.25, 0.3) is 18.2 Å². The van der Waals surface area contributed by atoms with Crippen LogP contribution < -0.4 is 0 Å². The quantitative estimate of drug-likeness (QED) is 0.229. The molecule has 0 N–H and O–H groups in total. The number of carbonyl (C=O) groups excluding carboxylic acids is 3. The van der Waals surface area contributed by atoms with Gasteiger partial charge in [0.15, 0.2) is 0 Å². The van der Waals surface area contributed by atoms with Crippen molar-refractivity contribution in [1.29, 1.82) is 0 Å². The van der Waals surface area contributed by atoms with Crippen LogP contribution in [0, 0.1) is 29.6 Å². The van der Waals surface area contributed by atoms with E-state index in [1.807, 2.05) is 0 Å². The maximum absolute atomic E-state index is 10.2. The lowest BCUT2D eigenvalue weighted by Gasteiger charge is -2.35. The third-order valence-electron chi connectivity index (χ3n) is 5.42. The van der Waals surface area contributed by atoms with E-state index in [2.05, 4.69) is 15.5 Å². The SMILES string of the molecule is O=C=NOCCCC1C2CC(CCON=C=O)C(C2)C1CON=C=O. The molecule has 0 heterocycles. The lowest BCUT2D eigenvalue weighted by molar-refractivity contribution is 0.0235. The van der Waals surface area contributed by atoms with Gasteiger partial charge in [-0.3, -0.25) is 0 Å². The Bertz CT molecular complexity index is 562. The van der Waals surface area contributed by atoms with Crippen LogP contribution in [0.25, 0.3) is 0 Å². The zero-order valence-electron chi connectivity index (χ0n) is 13.8. The molecule has 9 nitrogen and oxygen atoms in total. The van der Waals surface area contributed by atoms with E-state index in [0.717, 1.165) is 32.1 Å². The zero-order valence-corrected chi connectivity index (χ0v) is 13.8. The predicted molar refractivity (Wildman–Crippen MR) is 82.8 cm³/mol. The number of hydrogen-bond donors (Lipinski definition) is 0. The minimum Gasteiger partial charge on any atom is -0.386 e. The molecule has 2 aliphatic carbocycles. The van der Waals surface area contributed by atoms with Gasteiger partial charge in [0.1, 0.15) is 19.8 Å². The largest absolute Gasteiger partial charge is 0.386 e. The predicted octanol–water partition coefficient (Wildman–Crippen LogP) is 1.85. The second kappa shape index (κ2) is 10.4. The summed E-state index contributed by atoms with van der Waals surface area (Å²) in [6.45, 7) is 1.16. The first kappa shape index (κ1) is 18.9. The fourth-order valence-corrected chi connectivity index (χ4v) is 4.65. The van der Waals surface area contributed by atoms with E-state index in [1.54, 1.807) is 0 Å². The van der Waals surface area contributed by atoms with Crippen LogP contribution in [0.3, 0.4) is 0 Å². The summed E-state index contributed by atoms with van der Waals surface area (Å²) in [6.07, 6.45) is 8.85. The summed E-state index contributed by atoms with van der Waals surface area (Å²) in [6, 6.07) is 0. The van der Waals surface area contributed by atoms with Crippen LogP contribution in [0.5, 0.6) is 0 Å². The maximum Gasteiger partial charge on any atom is 0.276 e. The first-order valence-electron chi connectivity index (χ1n) is 8.39. The van der Waals surface area contributed by atoms with Gasteiger partial charge in [-0.25, -0.2) is 14.4 Å². The minimum atomic E-state index is 0.296. The normalized spacial score (nSPS) is 29.0. The van der Waals surface area contributed by atoms with E-state index in [0.29, 0.717) is 49.4 Å². The zero-order chi connectivity index (χ0) is 17.9. The first-order chi connectivity index (χ1) is 12.3. The second-order valence-electron chi connectivity index (χ2n) is 6.42. The standard InChI is InChI=1S/C16H21N3O6/c20-9-17-23-4-1-2-14-13-6-12(3-5-24-18-10-21)15(7-13)16(14)8-25-19-11-22/h12-16H,1-8H2. The number of isocyanates is 3. The van der Waals surface area contributed by atoms with Crippen molar-refractivity contribution in [2.75, 3.05) is 19.8 Å². The molecular formula is C16H21N3O6. The highest BCUT2D eigenvalue weighted by molar-refractivity contribution is 5.31. The highest BCUT2D eigenvalue weighted by Gasteiger charge is 2.52. The lowest BCUT2D eigenvalue weighted by atomic mass is 9.72. The molecule has 0 aromatic carbocycles. The van der Waals surface area contributed by atoms with Crippen LogP contribution in [0.4, 0.5) is 0 Å². The Morgan fingerprint density at radius 3 is 2.20 bits per heavy atom. The van der Waals surface area contributed by atoms with Gasteiger partial charge in [-0.1, -0.05) is 0 Å². The Morgan fingerprint density at radius 1 is 0.800 bits per heavy atom. The molecule has 9 heteroatoms. The van der Waals surface area contributed by atoms with Crippen LogP contribution in [-0.2, 0) is 28.9 Å². The van der Waals surface area contributed by atoms with Gasteiger partial charge in [0, 0.05) is 21.4 Å². The molecule has 0 amide bonds. The number of hydrogen-bond acceptors (Lipinski definition) is 9. The first-order valence-corrected chi connectivity index (χ1v) is 8.39. The van der Waals surface area contributed by atoms with Gasteiger partial charge in [0.2, 0.25) is 0 Å². The summed E-state index contributed by atoms with van der Waals surface area (Å²) in [7, 11) is 0. The molecule has 0 aromatic rings. The van der Waals surface area contributed by atoms with Crippen molar-refractivity contribution in [2.24, 2.45) is 45.1 Å². The molecule has 0 aliphatic heterocycles. The molecule has 0 saturated heterocycles. The van der Waals surface area contributed by atoms with Gasteiger partial charge in [-0.15, -0.1) is 0 Å². The van der Waals surface area contributed by atoms with Crippen LogP contribution in [0.1, 0.15) is 32.1 Å². The molecule has 5 atom stereocenters. The molecule has 5 unspecified atom stereocenters. The summed E-state index contributed by atoms with van der Waals surface area (Å²) < 4.78 is 0. The Kier molecular flexibility index (Phi) is 7.86. The summed E-state index contributed by atoms with van der Waals surface area (Å²) in [5, 5.41) is 9.42. The van der Waals surface area contributed by atoms with E-state index >= 15 is 0 Å². The number of nitrogens with zero attached hydrogens (tertiary/aromatic N) is 3. The van der Waals surface area contributed by atoms with Crippen molar-refractivity contribution in [2.45, 2.75) is 32.1 Å². The third-order valence-corrected chi connectivity index (χ3v) is 5.42. The second-order valence-corrected chi connectivity index (χ2v) is 6.42. The molecule has 2 bridgehead atoms. The number of fused-ring (bicyclic) bond motifs is 2. The molecule has 0 radical (unpaired) electrons. The average molecular weight is 351 g/mol. The van der Waals surface area contributed by atoms with Crippen molar-refractivity contribution in [1.82, 2.24) is 0 Å². The molecular weight excluding hydrogens is 330 g/mol. The smallest absolute Gasteiger partial charge is 0.276 e. The van der Waals surface area contributed by atoms with Crippen molar-refractivity contribution >= 4 is 18.2 Å². The van der Waals surface area contributed by atoms with Crippen LogP contribution in [0.15, 0.2) is 15.5 Å². The van der Waals surface area contributed by atoms with Crippen LogP contribution >= 0.6 is 0 Å². The van der Waals surface area contributed by atoms with Gasteiger partial charge in [-0.2, -0.15) is 0 Å². The van der Waals surface area contributed by atoms with E-state index in [9.17, 15) is 14.4 Å². The van der Waals surface area contributed by atoms with Crippen LogP contribution in [0.2, 0.25) is 0 Å². The summed E-state index contributed by atoms with van der Waals surface area (Å²) in [5.41, 5.74) is 0. The van der Waals surface area contributed by atoms with Crippen molar-refractivity contribution < 1.29 is 28.9 Å². The molecule has 2 aliphatic rings.